The summed E-state index contributed by atoms with van der Waals surface area (Å²) < 4.78 is 10.7. The molecule has 0 spiro atoms. The molecular formula is C9H15NO4. The van der Waals surface area contributed by atoms with Crippen LogP contribution in [-0.4, -0.2) is 43.2 Å². The number of aliphatic carboxylic acids is 1. The lowest BCUT2D eigenvalue weighted by molar-refractivity contribution is -0.139. The number of carboxylic acid groups (broad SMARTS) is 1. The van der Waals surface area contributed by atoms with Gasteiger partial charge in [0.25, 0.3) is 0 Å². The van der Waals surface area contributed by atoms with Crippen molar-refractivity contribution < 1.29 is 19.4 Å². The predicted octanol–water partition coefficient (Wildman–Crippen LogP) is -0.188. The number of ether oxygens (including phenoxy) is 2. The van der Waals surface area contributed by atoms with Crippen LogP contribution in [0.1, 0.15) is 12.8 Å². The number of rotatable bonds is 2. The molecule has 0 aromatic carbocycles. The topological polar surface area (TPSA) is 67.8 Å². The molecule has 0 aromatic rings. The quantitative estimate of drug-likeness (QED) is 0.648. The minimum absolute atomic E-state index is 0.0972. The van der Waals surface area contributed by atoms with E-state index in [-0.39, 0.29) is 12.8 Å². The Morgan fingerprint density at radius 3 is 2.64 bits per heavy atom. The highest BCUT2D eigenvalue weighted by Gasteiger charge is 2.35. The SMILES string of the molecule is O=C(O)C1COC(C2CCOCC2)N1. The highest BCUT2D eigenvalue weighted by Crippen LogP contribution is 2.22. The molecule has 2 saturated heterocycles. The standard InChI is InChI=1S/C9H15NO4/c11-9(12)7-5-14-8(10-7)6-1-3-13-4-2-6/h6-8,10H,1-5H2,(H,11,12). The summed E-state index contributed by atoms with van der Waals surface area (Å²) in [7, 11) is 0. The van der Waals surface area contributed by atoms with Crippen LogP contribution in [0.4, 0.5) is 0 Å². The molecule has 0 bridgehead atoms. The molecule has 0 aliphatic carbocycles. The van der Waals surface area contributed by atoms with E-state index < -0.39 is 12.0 Å². The van der Waals surface area contributed by atoms with Crippen LogP contribution >= 0.6 is 0 Å². The summed E-state index contributed by atoms with van der Waals surface area (Å²) in [6.07, 6.45) is 1.80. The van der Waals surface area contributed by atoms with E-state index in [4.69, 9.17) is 14.6 Å². The van der Waals surface area contributed by atoms with Gasteiger partial charge in [0, 0.05) is 19.1 Å². The second-order valence-corrected chi connectivity index (χ2v) is 3.76. The van der Waals surface area contributed by atoms with Crippen molar-refractivity contribution in [2.45, 2.75) is 25.1 Å². The van der Waals surface area contributed by atoms with E-state index in [1.165, 1.54) is 0 Å². The maximum absolute atomic E-state index is 10.7. The van der Waals surface area contributed by atoms with Crippen LogP contribution in [0, 0.1) is 5.92 Å². The molecule has 0 saturated carbocycles. The third-order valence-electron chi connectivity index (χ3n) is 2.80. The van der Waals surface area contributed by atoms with E-state index >= 15 is 0 Å². The van der Waals surface area contributed by atoms with Gasteiger partial charge in [-0.05, 0) is 12.8 Å². The van der Waals surface area contributed by atoms with E-state index in [1.807, 2.05) is 0 Å². The first-order valence-corrected chi connectivity index (χ1v) is 4.95. The summed E-state index contributed by atoms with van der Waals surface area (Å²) in [6.45, 7) is 1.78. The molecule has 0 aromatic heterocycles. The maximum Gasteiger partial charge on any atom is 0.323 e. The molecule has 2 atom stereocenters. The van der Waals surface area contributed by atoms with Gasteiger partial charge in [-0.1, -0.05) is 0 Å². The van der Waals surface area contributed by atoms with Crippen molar-refractivity contribution in [3.63, 3.8) is 0 Å². The number of carboxylic acids is 1. The normalized spacial score (nSPS) is 34.6. The first kappa shape index (κ1) is 9.89. The van der Waals surface area contributed by atoms with Crippen LogP contribution in [0.3, 0.4) is 0 Å². The third kappa shape index (κ3) is 2.05. The van der Waals surface area contributed by atoms with Gasteiger partial charge in [0.05, 0.1) is 6.61 Å². The van der Waals surface area contributed by atoms with E-state index in [2.05, 4.69) is 5.32 Å². The van der Waals surface area contributed by atoms with Crippen LogP contribution in [0.15, 0.2) is 0 Å². The smallest absolute Gasteiger partial charge is 0.323 e. The molecule has 2 heterocycles. The maximum atomic E-state index is 10.7. The Morgan fingerprint density at radius 2 is 2.07 bits per heavy atom. The van der Waals surface area contributed by atoms with Crippen LogP contribution in [0.25, 0.3) is 0 Å². The second-order valence-electron chi connectivity index (χ2n) is 3.76. The van der Waals surface area contributed by atoms with Gasteiger partial charge in [-0.15, -0.1) is 0 Å². The largest absolute Gasteiger partial charge is 0.480 e. The summed E-state index contributed by atoms with van der Waals surface area (Å²) in [4.78, 5) is 10.7. The minimum Gasteiger partial charge on any atom is -0.480 e. The summed E-state index contributed by atoms with van der Waals surface area (Å²) >= 11 is 0. The lowest BCUT2D eigenvalue weighted by Gasteiger charge is -2.26. The molecule has 2 rings (SSSR count). The Balaban J connectivity index is 1.85. The van der Waals surface area contributed by atoms with Gasteiger partial charge in [-0.25, -0.2) is 0 Å². The zero-order valence-corrected chi connectivity index (χ0v) is 7.94. The van der Waals surface area contributed by atoms with Crippen LogP contribution < -0.4 is 5.32 Å². The Morgan fingerprint density at radius 1 is 1.36 bits per heavy atom. The molecule has 2 unspecified atom stereocenters. The van der Waals surface area contributed by atoms with Crippen molar-refractivity contribution in [2.75, 3.05) is 19.8 Å². The number of carbonyl (C=O) groups is 1. The van der Waals surface area contributed by atoms with Gasteiger partial charge in [0.15, 0.2) is 0 Å². The molecule has 80 valence electrons. The molecule has 2 aliphatic heterocycles. The van der Waals surface area contributed by atoms with Crippen LogP contribution in [0.2, 0.25) is 0 Å². The van der Waals surface area contributed by atoms with Crippen molar-refractivity contribution >= 4 is 5.97 Å². The van der Waals surface area contributed by atoms with Crippen molar-refractivity contribution in [3.05, 3.63) is 0 Å². The Hall–Kier alpha value is -0.650. The van der Waals surface area contributed by atoms with Crippen molar-refractivity contribution in [2.24, 2.45) is 5.92 Å². The lowest BCUT2D eigenvalue weighted by Crippen LogP contribution is -2.41. The minimum atomic E-state index is -0.834. The summed E-state index contributed by atoms with van der Waals surface area (Å²) in [5.41, 5.74) is 0. The molecule has 2 fully saturated rings. The Bertz CT molecular complexity index is 215. The zero-order valence-electron chi connectivity index (χ0n) is 7.94. The summed E-state index contributed by atoms with van der Waals surface area (Å²) in [6, 6.07) is -0.539. The van der Waals surface area contributed by atoms with Gasteiger partial charge in [0.2, 0.25) is 0 Å². The number of nitrogens with one attached hydrogen (secondary N) is 1. The molecule has 5 heteroatoms. The predicted molar refractivity (Wildman–Crippen MR) is 47.8 cm³/mol. The fourth-order valence-electron chi connectivity index (χ4n) is 1.93. The number of hydrogen-bond acceptors (Lipinski definition) is 4. The second kappa shape index (κ2) is 4.25. The molecular weight excluding hydrogens is 186 g/mol. The fourth-order valence-corrected chi connectivity index (χ4v) is 1.93. The highest BCUT2D eigenvalue weighted by molar-refractivity contribution is 5.73. The van der Waals surface area contributed by atoms with E-state index in [1.54, 1.807) is 0 Å². The molecule has 14 heavy (non-hydrogen) atoms. The first-order chi connectivity index (χ1) is 6.77. The van der Waals surface area contributed by atoms with Crippen molar-refractivity contribution in [3.8, 4) is 0 Å². The average Bonchev–Trinajstić information content (AvgIpc) is 2.68. The van der Waals surface area contributed by atoms with Gasteiger partial charge in [-0.3, -0.25) is 10.1 Å². The number of hydrogen-bond donors (Lipinski definition) is 2. The average molecular weight is 201 g/mol. The highest BCUT2D eigenvalue weighted by atomic mass is 16.5. The first-order valence-electron chi connectivity index (χ1n) is 4.95. The van der Waals surface area contributed by atoms with E-state index in [0.717, 1.165) is 26.1 Å². The monoisotopic (exact) mass is 201 g/mol. The van der Waals surface area contributed by atoms with Gasteiger partial charge in [-0.2, -0.15) is 0 Å². The molecule has 0 amide bonds. The molecule has 5 nitrogen and oxygen atoms in total. The molecule has 2 aliphatic rings. The molecule has 0 radical (unpaired) electrons. The third-order valence-corrected chi connectivity index (χ3v) is 2.80. The van der Waals surface area contributed by atoms with Crippen molar-refractivity contribution in [1.29, 1.82) is 0 Å². The Kier molecular flexibility index (Phi) is 3.00. The Labute approximate surface area is 82.4 Å². The summed E-state index contributed by atoms with van der Waals surface area (Å²) in [5, 5.41) is 11.7. The lowest BCUT2D eigenvalue weighted by atomic mass is 9.98. The fraction of sp³-hybridized carbons (Fsp3) is 0.889. The van der Waals surface area contributed by atoms with Gasteiger partial charge >= 0.3 is 5.97 Å². The summed E-state index contributed by atoms with van der Waals surface area (Å²) in [5.74, 6) is -0.437. The van der Waals surface area contributed by atoms with Crippen molar-refractivity contribution in [1.82, 2.24) is 5.32 Å². The zero-order chi connectivity index (χ0) is 9.97. The van der Waals surface area contributed by atoms with E-state index in [9.17, 15) is 4.79 Å². The molecule has 2 N–H and O–H groups in total. The van der Waals surface area contributed by atoms with Gasteiger partial charge < -0.3 is 14.6 Å². The van der Waals surface area contributed by atoms with E-state index in [0.29, 0.717) is 5.92 Å². The van der Waals surface area contributed by atoms with Crippen LogP contribution in [-0.2, 0) is 14.3 Å². The van der Waals surface area contributed by atoms with Crippen LogP contribution in [0.5, 0.6) is 0 Å². The van der Waals surface area contributed by atoms with Gasteiger partial charge in [0.1, 0.15) is 12.3 Å².